The standard InChI is InChI=1S/C20H14F3N3O3S2/c21-20(22,23)13-4-2-5-14(10-13)25-18(27)17-16(7-8-30-17)24-19(25)31-11-12-3-1-6-15(9-12)26(28)29/h1-6,9-10H,7-8,11H2. The van der Waals surface area contributed by atoms with Crippen LogP contribution in [0.2, 0.25) is 0 Å². The fraction of sp³-hybridized carbons (Fsp3) is 0.200. The van der Waals surface area contributed by atoms with Crippen LogP contribution in [0.25, 0.3) is 5.69 Å². The van der Waals surface area contributed by atoms with Crippen molar-refractivity contribution in [1.82, 2.24) is 9.55 Å². The van der Waals surface area contributed by atoms with Gasteiger partial charge in [0.1, 0.15) is 0 Å². The van der Waals surface area contributed by atoms with Gasteiger partial charge >= 0.3 is 6.18 Å². The minimum atomic E-state index is -4.55. The maximum Gasteiger partial charge on any atom is 0.416 e. The lowest BCUT2D eigenvalue weighted by Crippen LogP contribution is -2.24. The van der Waals surface area contributed by atoms with Gasteiger partial charge in [-0.3, -0.25) is 19.5 Å². The molecule has 4 rings (SSSR count). The van der Waals surface area contributed by atoms with Gasteiger partial charge in [0.25, 0.3) is 11.2 Å². The van der Waals surface area contributed by atoms with Crippen LogP contribution in [0.1, 0.15) is 16.8 Å². The van der Waals surface area contributed by atoms with Crippen molar-refractivity contribution in [1.29, 1.82) is 0 Å². The summed E-state index contributed by atoms with van der Waals surface area (Å²) >= 11 is 2.49. The number of nitro groups is 1. The van der Waals surface area contributed by atoms with E-state index < -0.39 is 22.2 Å². The van der Waals surface area contributed by atoms with Crippen LogP contribution in [-0.4, -0.2) is 20.2 Å². The Balaban J connectivity index is 1.76. The van der Waals surface area contributed by atoms with Crippen molar-refractivity contribution in [3.63, 3.8) is 0 Å². The summed E-state index contributed by atoms with van der Waals surface area (Å²) in [5, 5.41) is 11.2. The van der Waals surface area contributed by atoms with Crippen LogP contribution in [0, 0.1) is 10.1 Å². The lowest BCUT2D eigenvalue weighted by Gasteiger charge is -2.15. The highest BCUT2D eigenvalue weighted by Crippen LogP contribution is 2.33. The van der Waals surface area contributed by atoms with E-state index in [4.69, 9.17) is 0 Å². The number of nitro benzene ring substituents is 1. The van der Waals surface area contributed by atoms with E-state index in [0.29, 0.717) is 28.3 Å². The average Bonchev–Trinajstić information content (AvgIpc) is 3.21. The van der Waals surface area contributed by atoms with E-state index in [2.05, 4.69) is 4.98 Å². The smallest absolute Gasteiger partial charge is 0.268 e. The van der Waals surface area contributed by atoms with Gasteiger partial charge in [-0.1, -0.05) is 30.0 Å². The Labute approximate surface area is 182 Å². The molecule has 1 aromatic heterocycles. The molecule has 31 heavy (non-hydrogen) atoms. The molecule has 0 saturated heterocycles. The fourth-order valence-corrected chi connectivity index (χ4v) is 5.14. The molecular weight excluding hydrogens is 451 g/mol. The molecule has 11 heteroatoms. The van der Waals surface area contributed by atoms with Crippen LogP contribution in [0.4, 0.5) is 18.9 Å². The first-order chi connectivity index (χ1) is 14.7. The van der Waals surface area contributed by atoms with Crippen LogP contribution >= 0.6 is 23.5 Å². The molecule has 2 heterocycles. The summed E-state index contributed by atoms with van der Waals surface area (Å²) in [6.07, 6.45) is -3.95. The first-order valence-electron chi connectivity index (χ1n) is 9.06. The van der Waals surface area contributed by atoms with Gasteiger partial charge < -0.3 is 0 Å². The molecular formula is C20H14F3N3O3S2. The Morgan fingerprint density at radius 2 is 1.97 bits per heavy atom. The summed E-state index contributed by atoms with van der Waals surface area (Å²) < 4.78 is 40.8. The van der Waals surface area contributed by atoms with Gasteiger partial charge in [0.05, 0.1) is 26.8 Å². The van der Waals surface area contributed by atoms with E-state index in [-0.39, 0.29) is 22.3 Å². The third kappa shape index (κ3) is 4.47. The summed E-state index contributed by atoms with van der Waals surface area (Å²) in [6, 6.07) is 10.6. The van der Waals surface area contributed by atoms with Crippen molar-refractivity contribution in [3.8, 4) is 5.69 Å². The van der Waals surface area contributed by atoms with Gasteiger partial charge in [-0.25, -0.2) is 4.98 Å². The number of nitrogens with zero attached hydrogens (tertiary/aromatic N) is 3. The summed E-state index contributed by atoms with van der Waals surface area (Å²) in [7, 11) is 0. The summed E-state index contributed by atoms with van der Waals surface area (Å²) in [5.41, 5.74) is 0.00239. The third-order valence-corrected chi connectivity index (χ3v) is 6.70. The molecule has 0 saturated carbocycles. The normalized spacial score (nSPS) is 13.3. The maximum absolute atomic E-state index is 13.2. The molecule has 0 fully saturated rings. The van der Waals surface area contributed by atoms with Gasteiger partial charge in [-0.15, -0.1) is 11.8 Å². The van der Waals surface area contributed by atoms with Gasteiger partial charge in [0.2, 0.25) is 0 Å². The van der Waals surface area contributed by atoms with Gasteiger partial charge in [0, 0.05) is 30.1 Å². The zero-order chi connectivity index (χ0) is 22.2. The molecule has 0 bridgehead atoms. The molecule has 1 aliphatic rings. The number of halogens is 3. The predicted molar refractivity (Wildman–Crippen MR) is 112 cm³/mol. The number of aryl methyl sites for hydroxylation is 1. The molecule has 6 nitrogen and oxygen atoms in total. The summed E-state index contributed by atoms with van der Waals surface area (Å²) in [4.78, 5) is 28.6. The summed E-state index contributed by atoms with van der Waals surface area (Å²) in [6.45, 7) is 0. The van der Waals surface area contributed by atoms with Crippen LogP contribution in [0.3, 0.4) is 0 Å². The Bertz CT molecular complexity index is 1230. The topological polar surface area (TPSA) is 78.0 Å². The molecule has 3 aromatic rings. The van der Waals surface area contributed by atoms with Crippen molar-refractivity contribution < 1.29 is 18.1 Å². The minimum absolute atomic E-state index is 0.0633. The van der Waals surface area contributed by atoms with Crippen molar-refractivity contribution in [2.75, 3.05) is 5.75 Å². The second-order valence-corrected chi connectivity index (χ2v) is 8.72. The van der Waals surface area contributed by atoms with Crippen LogP contribution in [-0.2, 0) is 18.3 Å². The lowest BCUT2D eigenvalue weighted by atomic mass is 10.2. The van der Waals surface area contributed by atoms with Crippen LogP contribution in [0.5, 0.6) is 0 Å². The summed E-state index contributed by atoms with van der Waals surface area (Å²) in [5.74, 6) is 0.943. The number of aromatic nitrogens is 2. The molecule has 0 aliphatic carbocycles. The molecule has 0 N–H and O–H groups in total. The number of fused-ring (bicyclic) bond motifs is 1. The quantitative estimate of drug-likeness (QED) is 0.226. The lowest BCUT2D eigenvalue weighted by molar-refractivity contribution is -0.384. The average molecular weight is 465 g/mol. The van der Waals surface area contributed by atoms with E-state index in [1.165, 1.54) is 40.6 Å². The van der Waals surface area contributed by atoms with Crippen molar-refractivity contribution in [2.24, 2.45) is 0 Å². The van der Waals surface area contributed by atoms with Gasteiger partial charge in [-0.05, 0) is 23.8 Å². The number of hydrogen-bond acceptors (Lipinski definition) is 6. The van der Waals surface area contributed by atoms with E-state index >= 15 is 0 Å². The molecule has 0 atom stereocenters. The molecule has 2 aromatic carbocycles. The molecule has 160 valence electrons. The van der Waals surface area contributed by atoms with Gasteiger partial charge in [-0.2, -0.15) is 13.2 Å². The SMILES string of the molecule is O=c1c2c(nc(SCc3cccc([N+](=O)[O-])c3)n1-c1cccc(C(F)(F)F)c1)CCS2. The number of benzene rings is 2. The first kappa shape index (κ1) is 21.4. The highest BCUT2D eigenvalue weighted by Gasteiger charge is 2.31. The van der Waals surface area contributed by atoms with E-state index in [0.717, 1.165) is 23.9 Å². The van der Waals surface area contributed by atoms with E-state index in [1.807, 2.05) is 0 Å². The molecule has 0 unspecified atom stereocenters. The monoisotopic (exact) mass is 465 g/mol. The maximum atomic E-state index is 13.2. The van der Waals surface area contributed by atoms with Crippen molar-refractivity contribution in [3.05, 3.63) is 85.8 Å². The molecule has 0 radical (unpaired) electrons. The Kier molecular flexibility index (Phi) is 5.80. The Morgan fingerprint density at radius 3 is 2.71 bits per heavy atom. The van der Waals surface area contributed by atoms with E-state index in [9.17, 15) is 28.1 Å². The number of non-ortho nitro benzene ring substituents is 1. The van der Waals surface area contributed by atoms with Crippen molar-refractivity contribution in [2.45, 2.75) is 28.4 Å². The van der Waals surface area contributed by atoms with Crippen molar-refractivity contribution >= 4 is 29.2 Å². The highest BCUT2D eigenvalue weighted by atomic mass is 32.2. The number of hydrogen-bond donors (Lipinski definition) is 0. The predicted octanol–water partition coefficient (Wildman–Crippen LogP) is 5.10. The first-order valence-corrected chi connectivity index (χ1v) is 11.0. The minimum Gasteiger partial charge on any atom is -0.268 e. The van der Waals surface area contributed by atoms with Crippen LogP contribution < -0.4 is 5.56 Å². The third-order valence-electron chi connectivity index (χ3n) is 4.59. The number of rotatable bonds is 5. The molecule has 0 amide bonds. The number of thioether (sulfide) groups is 2. The second kappa shape index (κ2) is 8.39. The Morgan fingerprint density at radius 1 is 1.19 bits per heavy atom. The van der Waals surface area contributed by atoms with Crippen LogP contribution in [0.15, 0.2) is 63.4 Å². The fourth-order valence-electron chi connectivity index (χ4n) is 3.15. The zero-order valence-corrected chi connectivity index (χ0v) is 17.4. The Hall–Kier alpha value is -2.79. The zero-order valence-electron chi connectivity index (χ0n) is 15.8. The van der Waals surface area contributed by atoms with E-state index in [1.54, 1.807) is 12.1 Å². The number of alkyl halides is 3. The molecule has 1 aliphatic heterocycles. The molecule has 0 spiro atoms. The second-order valence-electron chi connectivity index (χ2n) is 6.67. The highest BCUT2D eigenvalue weighted by molar-refractivity contribution is 7.99. The largest absolute Gasteiger partial charge is 0.416 e. The van der Waals surface area contributed by atoms with Gasteiger partial charge in [0.15, 0.2) is 5.16 Å².